The van der Waals surface area contributed by atoms with E-state index in [1.54, 1.807) is 0 Å². The predicted octanol–water partition coefficient (Wildman–Crippen LogP) is 2.97. The minimum Gasteiger partial charge on any atom is -0.508 e. The number of nitro benzene ring substituents is 1. The molecule has 0 unspecified atom stereocenters. The number of nitrogens with zero attached hydrogens (tertiary/aromatic N) is 1. The minimum atomic E-state index is -0.431. The summed E-state index contributed by atoms with van der Waals surface area (Å²) in [5.41, 5.74) is 0.183. The van der Waals surface area contributed by atoms with E-state index in [0.29, 0.717) is 10.9 Å². The van der Waals surface area contributed by atoms with E-state index in [1.165, 1.54) is 18.2 Å². The van der Waals surface area contributed by atoms with Gasteiger partial charge in [-0.05, 0) is 12.1 Å². The fourth-order valence-corrected chi connectivity index (χ4v) is 1.60. The van der Waals surface area contributed by atoms with Gasteiger partial charge in [-0.15, -0.1) is 0 Å². The van der Waals surface area contributed by atoms with Crippen LogP contribution >= 0.6 is 15.9 Å². The van der Waals surface area contributed by atoms with Crippen LogP contribution in [0.4, 0.5) is 5.69 Å². The quantitative estimate of drug-likeness (QED) is 0.523. The summed E-state index contributed by atoms with van der Waals surface area (Å²) in [5, 5.41) is 20.7. The maximum Gasteiger partial charge on any atom is 0.273 e. The van der Waals surface area contributed by atoms with Gasteiger partial charge in [0.25, 0.3) is 5.69 Å². The van der Waals surface area contributed by atoms with E-state index in [1.807, 2.05) is 13.8 Å². The summed E-state index contributed by atoms with van der Waals surface area (Å²) in [6.45, 7) is 3.76. The lowest BCUT2D eigenvalue weighted by atomic mass is 9.85. The second kappa shape index (κ2) is 4.18. The highest BCUT2D eigenvalue weighted by molar-refractivity contribution is 9.09. The lowest BCUT2D eigenvalue weighted by Crippen LogP contribution is -2.20. The van der Waals surface area contributed by atoms with Crippen LogP contribution in [0, 0.1) is 10.1 Å². The first kappa shape index (κ1) is 12.0. The fraction of sp³-hybridized carbons (Fsp3) is 0.400. The standard InChI is InChI=1S/C10H12BrNO3/c1-10(2,6-11)8-5-7(13)3-4-9(8)12(14)15/h3-5,13H,6H2,1-2H3. The summed E-state index contributed by atoms with van der Waals surface area (Å²) in [6.07, 6.45) is 0. The number of benzene rings is 1. The summed E-state index contributed by atoms with van der Waals surface area (Å²) in [7, 11) is 0. The summed E-state index contributed by atoms with van der Waals surface area (Å²) >= 11 is 3.31. The molecule has 1 rings (SSSR count). The van der Waals surface area contributed by atoms with Crippen molar-refractivity contribution in [3.63, 3.8) is 0 Å². The molecule has 1 aromatic carbocycles. The van der Waals surface area contributed by atoms with Crippen LogP contribution in [0.2, 0.25) is 0 Å². The van der Waals surface area contributed by atoms with Crippen molar-refractivity contribution < 1.29 is 10.0 Å². The molecule has 15 heavy (non-hydrogen) atoms. The summed E-state index contributed by atoms with van der Waals surface area (Å²) in [6, 6.07) is 4.10. The molecule has 0 aliphatic heterocycles. The summed E-state index contributed by atoms with van der Waals surface area (Å²) in [4.78, 5) is 10.4. The normalized spacial score (nSPS) is 11.4. The Balaban J connectivity index is 3.37. The molecule has 1 aromatic rings. The number of nitro groups is 1. The molecule has 0 radical (unpaired) electrons. The zero-order valence-corrected chi connectivity index (χ0v) is 10.1. The molecule has 0 heterocycles. The van der Waals surface area contributed by atoms with E-state index < -0.39 is 4.92 Å². The molecule has 0 aromatic heterocycles. The second-order valence-electron chi connectivity index (χ2n) is 3.98. The number of phenols is 1. The SMILES string of the molecule is CC(C)(CBr)c1cc(O)ccc1[N+](=O)[O-]. The third kappa shape index (κ3) is 2.47. The van der Waals surface area contributed by atoms with Crippen LogP contribution in [0.25, 0.3) is 0 Å². The topological polar surface area (TPSA) is 63.4 Å². The maximum absolute atomic E-state index is 10.8. The molecule has 0 aliphatic carbocycles. The highest BCUT2D eigenvalue weighted by atomic mass is 79.9. The average molecular weight is 274 g/mol. The van der Waals surface area contributed by atoms with E-state index in [0.717, 1.165) is 0 Å². The van der Waals surface area contributed by atoms with Gasteiger partial charge in [0.15, 0.2) is 0 Å². The third-order valence-electron chi connectivity index (χ3n) is 2.24. The van der Waals surface area contributed by atoms with Crippen LogP contribution in [0.5, 0.6) is 5.75 Å². The Kier molecular flexibility index (Phi) is 3.34. The molecule has 0 aliphatic rings. The summed E-state index contributed by atoms with van der Waals surface area (Å²) < 4.78 is 0. The Morgan fingerprint density at radius 1 is 1.53 bits per heavy atom. The van der Waals surface area contributed by atoms with E-state index in [4.69, 9.17) is 0 Å². The van der Waals surface area contributed by atoms with Crippen molar-refractivity contribution in [2.75, 3.05) is 5.33 Å². The monoisotopic (exact) mass is 273 g/mol. The molecule has 1 N–H and O–H groups in total. The molecule has 0 spiro atoms. The number of rotatable bonds is 3. The van der Waals surface area contributed by atoms with Gasteiger partial charge in [-0.25, -0.2) is 0 Å². The lowest BCUT2D eigenvalue weighted by Gasteiger charge is -2.21. The number of hydrogen-bond donors (Lipinski definition) is 1. The molecule has 5 heteroatoms. The van der Waals surface area contributed by atoms with Crippen LogP contribution in [-0.4, -0.2) is 15.4 Å². The van der Waals surface area contributed by atoms with Crippen molar-refractivity contribution in [3.8, 4) is 5.75 Å². The molecule has 82 valence electrons. The number of aromatic hydroxyl groups is 1. The Bertz CT molecular complexity index is 390. The molecule has 0 fully saturated rings. The van der Waals surface area contributed by atoms with E-state index in [9.17, 15) is 15.2 Å². The molecular formula is C10H12BrNO3. The van der Waals surface area contributed by atoms with Gasteiger partial charge in [0.05, 0.1) is 4.92 Å². The van der Waals surface area contributed by atoms with Crippen LogP contribution in [0.1, 0.15) is 19.4 Å². The smallest absolute Gasteiger partial charge is 0.273 e. The predicted molar refractivity (Wildman–Crippen MR) is 61.6 cm³/mol. The Morgan fingerprint density at radius 2 is 2.13 bits per heavy atom. The first-order valence-corrected chi connectivity index (χ1v) is 5.54. The molecule has 4 nitrogen and oxygen atoms in total. The average Bonchev–Trinajstić information content (AvgIpc) is 2.17. The van der Waals surface area contributed by atoms with Gasteiger partial charge in [0.2, 0.25) is 0 Å². The third-order valence-corrected chi connectivity index (χ3v) is 3.64. The molecular weight excluding hydrogens is 262 g/mol. The lowest BCUT2D eigenvalue weighted by molar-refractivity contribution is -0.386. The van der Waals surface area contributed by atoms with Crippen molar-refractivity contribution in [2.45, 2.75) is 19.3 Å². The zero-order chi connectivity index (χ0) is 11.6. The largest absolute Gasteiger partial charge is 0.508 e. The van der Waals surface area contributed by atoms with Crippen molar-refractivity contribution in [1.29, 1.82) is 0 Å². The van der Waals surface area contributed by atoms with Crippen LogP contribution in [0.3, 0.4) is 0 Å². The Hall–Kier alpha value is -1.10. The Labute approximate surface area is 96.2 Å². The van der Waals surface area contributed by atoms with Gasteiger partial charge >= 0.3 is 0 Å². The molecule has 0 atom stereocenters. The van der Waals surface area contributed by atoms with E-state index in [-0.39, 0.29) is 16.9 Å². The van der Waals surface area contributed by atoms with Crippen LogP contribution in [0.15, 0.2) is 18.2 Å². The van der Waals surface area contributed by atoms with Crippen molar-refractivity contribution in [2.24, 2.45) is 0 Å². The number of halogens is 1. The number of alkyl halides is 1. The van der Waals surface area contributed by atoms with Gasteiger partial charge in [-0.1, -0.05) is 29.8 Å². The molecule has 0 amide bonds. The zero-order valence-electron chi connectivity index (χ0n) is 8.53. The Morgan fingerprint density at radius 3 is 2.60 bits per heavy atom. The fourth-order valence-electron chi connectivity index (χ4n) is 1.30. The van der Waals surface area contributed by atoms with E-state index in [2.05, 4.69) is 15.9 Å². The highest BCUT2D eigenvalue weighted by Gasteiger charge is 2.28. The number of hydrogen-bond acceptors (Lipinski definition) is 3. The molecule has 0 saturated heterocycles. The highest BCUT2D eigenvalue weighted by Crippen LogP contribution is 2.35. The van der Waals surface area contributed by atoms with Crippen LogP contribution < -0.4 is 0 Å². The van der Waals surface area contributed by atoms with Crippen molar-refractivity contribution in [3.05, 3.63) is 33.9 Å². The van der Waals surface area contributed by atoms with Gasteiger partial charge in [-0.2, -0.15) is 0 Å². The van der Waals surface area contributed by atoms with E-state index >= 15 is 0 Å². The summed E-state index contributed by atoms with van der Waals surface area (Å²) in [5.74, 6) is 0.0459. The van der Waals surface area contributed by atoms with Gasteiger partial charge < -0.3 is 5.11 Å². The van der Waals surface area contributed by atoms with Crippen molar-refractivity contribution in [1.82, 2.24) is 0 Å². The molecule has 0 bridgehead atoms. The number of phenolic OH excluding ortho intramolecular Hbond substituents is 1. The van der Waals surface area contributed by atoms with Gasteiger partial charge in [0.1, 0.15) is 5.75 Å². The molecule has 0 saturated carbocycles. The first-order chi connectivity index (χ1) is 6.88. The minimum absolute atomic E-state index is 0.0391. The van der Waals surface area contributed by atoms with Crippen LogP contribution in [-0.2, 0) is 5.41 Å². The second-order valence-corrected chi connectivity index (χ2v) is 4.54. The maximum atomic E-state index is 10.8. The van der Waals surface area contributed by atoms with Gasteiger partial charge in [-0.3, -0.25) is 10.1 Å². The van der Waals surface area contributed by atoms with Gasteiger partial charge in [0, 0.05) is 22.4 Å². The first-order valence-electron chi connectivity index (χ1n) is 4.42. The van der Waals surface area contributed by atoms with Crippen molar-refractivity contribution >= 4 is 21.6 Å².